The normalized spacial score (nSPS) is 34.8. The van der Waals surface area contributed by atoms with Gasteiger partial charge < -0.3 is 19.3 Å². The van der Waals surface area contributed by atoms with Crippen LogP contribution < -0.4 is 0 Å². The summed E-state index contributed by atoms with van der Waals surface area (Å²) >= 11 is 0. The fourth-order valence-corrected chi connectivity index (χ4v) is 3.11. The summed E-state index contributed by atoms with van der Waals surface area (Å²) in [6.07, 6.45) is 2.72. The van der Waals surface area contributed by atoms with Crippen LogP contribution >= 0.6 is 0 Å². The van der Waals surface area contributed by atoms with Gasteiger partial charge in [-0.05, 0) is 20.3 Å². The van der Waals surface area contributed by atoms with E-state index in [2.05, 4.69) is 0 Å². The van der Waals surface area contributed by atoms with E-state index in [-0.39, 0.29) is 25.1 Å². The van der Waals surface area contributed by atoms with Gasteiger partial charge in [0.2, 0.25) is 0 Å². The number of carbonyl (C=O) groups excluding carboxylic acids is 2. The number of fused-ring (bicyclic) bond motifs is 2. The molecule has 1 N–H and O–H groups in total. The van der Waals surface area contributed by atoms with Crippen molar-refractivity contribution in [3.8, 4) is 0 Å². The van der Waals surface area contributed by atoms with Crippen LogP contribution in [0.1, 0.15) is 34.1 Å². The third kappa shape index (κ3) is 2.60. The van der Waals surface area contributed by atoms with Crippen LogP contribution in [0.15, 0.2) is 12.2 Å². The first-order chi connectivity index (χ1) is 11.2. The molecule has 7 heteroatoms. The number of hydrogen-bond donors (Lipinski definition) is 1. The maximum atomic E-state index is 12.6. The molecule has 0 saturated carbocycles. The standard InChI is InChI=1S/C17H24O7/c1-5-10(2)13(18)22-8-9-23-15(21)17(4)12-7-6-11(24-12)16(17,3)14(19)20/h6-7,10-12H,5,8-9H2,1-4H3,(H,19,20). The molecule has 0 spiro atoms. The van der Waals surface area contributed by atoms with Crippen LogP contribution in [0.3, 0.4) is 0 Å². The highest BCUT2D eigenvalue weighted by Crippen LogP contribution is 2.57. The summed E-state index contributed by atoms with van der Waals surface area (Å²) in [6, 6.07) is 0. The van der Waals surface area contributed by atoms with Crippen LogP contribution in [-0.2, 0) is 28.6 Å². The van der Waals surface area contributed by atoms with Crippen molar-refractivity contribution in [2.45, 2.75) is 46.3 Å². The third-order valence-corrected chi connectivity index (χ3v) is 5.41. The maximum absolute atomic E-state index is 12.6. The maximum Gasteiger partial charge on any atom is 0.316 e. The van der Waals surface area contributed by atoms with E-state index < -0.39 is 35.0 Å². The van der Waals surface area contributed by atoms with E-state index in [9.17, 15) is 19.5 Å². The van der Waals surface area contributed by atoms with Crippen molar-refractivity contribution in [3.63, 3.8) is 0 Å². The zero-order chi connectivity index (χ0) is 18.1. The van der Waals surface area contributed by atoms with Crippen molar-refractivity contribution in [2.24, 2.45) is 16.7 Å². The monoisotopic (exact) mass is 340 g/mol. The Hall–Kier alpha value is -1.89. The Kier molecular flexibility index (Phi) is 5.03. The van der Waals surface area contributed by atoms with Gasteiger partial charge in [0.05, 0.1) is 18.1 Å². The van der Waals surface area contributed by atoms with Gasteiger partial charge in [-0.1, -0.05) is 26.0 Å². The van der Waals surface area contributed by atoms with Crippen LogP contribution in [0.5, 0.6) is 0 Å². The van der Waals surface area contributed by atoms with E-state index in [1.165, 1.54) is 6.92 Å². The molecule has 24 heavy (non-hydrogen) atoms. The van der Waals surface area contributed by atoms with Crippen molar-refractivity contribution in [2.75, 3.05) is 13.2 Å². The van der Waals surface area contributed by atoms with Gasteiger partial charge in [-0.2, -0.15) is 0 Å². The molecule has 134 valence electrons. The van der Waals surface area contributed by atoms with Gasteiger partial charge in [-0.3, -0.25) is 14.4 Å². The summed E-state index contributed by atoms with van der Waals surface area (Å²) in [4.78, 5) is 35.9. The lowest BCUT2D eigenvalue weighted by Crippen LogP contribution is -2.55. The van der Waals surface area contributed by atoms with Crippen LogP contribution in [0.2, 0.25) is 0 Å². The second-order valence-electron chi connectivity index (χ2n) is 6.68. The Morgan fingerprint density at radius 1 is 1.12 bits per heavy atom. The molecule has 2 rings (SSSR count). The van der Waals surface area contributed by atoms with E-state index in [1.807, 2.05) is 6.92 Å². The molecule has 0 aromatic rings. The first kappa shape index (κ1) is 18.4. The second-order valence-corrected chi connectivity index (χ2v) is 6.68. The van der Waals surface area contributed by atoms with E-state index in [0.717, 1.165) is 0 Å². The minimum absolute atomic E-state index is 0.0560. The Labute approximate surface area is 140 Å². The number of rotatable bonds is 7. The number of aliphatic carboxylic acids is 1. The largest absolute Gasteiger partial charge is 0.481 e. The minimum atomic E-state index is -1.41. The summed E-state index contributed by atoms with van der Waals surface area (Å²) in [5, 5.41) is 9.62. The Balaban J connectivity index is 1.98. The predicted octanol–water partition coefficient (Wildman–Crippen LogP) is 1.55. The molecular formula is C17H24O7. The Morgan fingerprint density at radius 3 is 2.21 bits per heavy atom. The SMILES string of the molecule is CCC(C)C(=O)OCCOC(=O)C1(C)C2C=CC(O2)C1(C)C(=O)O. The molecule has 2 aliphatic heterocycles. The summed E-state index contributed by atoms with van der Waals surface area (Å²) in [5.41, 5.74) is -2.74. The van der Waals surface area contributed by atoms with Gasteiger partial charge in [0.1, 0.15) is 24.0 Å². The van der Waals surface area contributed by atoms with Gasteiger partial charge in [0.25, 0.3) is 0 Å². The highest BCUT2D eigenvalue weighted by molar-refractivity contribution is 5.90. The smallest absolute Gasteiger partial charge is 0.316 e. The van der Waals surface area contributed by atoms with E-state index in [1.54, 1.807) is 26.0 Å². The zero-order valence-electron chi connectivity index (χ0n) is 14.4. The Morgan fingerprint density at radius 2 is 1.67 bits per heavy atom. The molecule has 5 atom stereocenters. The van der Waals surface area contributed by atoms with Crippen molar-refractivity contribution in [1.29, 1.82) is 0 Å². The van der Waals surface area contributed by atoms with E-state index in [0.29, 0.717) is 6.42 Å². The van der Waals surface area contributed by atoms with Gasteiger partial charge in [-0.25, -0.2) is 0 Å². The Bertz CT molecular complexity index is 569. The van der Waals surface area contributed by atoms with Crippen LogP contribution in [0.25, 0.3) is 0 Å². The number of esters is 2. The molecule has 1 saturated heterocycles. The molecule has 2 aliphatic rings. The molecule has 0 aromatic heterocycles. The molecule has 2 bridgehead atoms. The van der Waals surface area contributed by atoms with E-state index >= 15 is 0 Å². The van der Waals surface area contributed by atoms with Crippen LogP contribution in [0.4, 0.5) is 0 Å². The van der Waals surface area contributed by atoms with Crippen molar-refractivity contribution < 1.29 is 33.7 Å². The fourth-order valence-electron chi connectivity index (χ4n) is 3.11. The molecular weight excluding hydrogens is 316 g/mol. The minimum Gasteiger partial charge on any atom is -0.481 e. The predicted molar refractivity (Wildman–Crippen MR) is 83.0 cm³/mol. The lowest BCUT2D eigenvalue weighted by Gasteiger charge is -2.39. The topological polar surface area (TPSA) is 99.1 Å². The summed E-state index contributed by atoms with van der Waals surface area (Å²) in [5.74, 6) is -2.33. The van der Waals surface area contributed by atoms with Crippen molar-refractivity contribution >= 4 is 17.9 Å². The number of ether oxygens (including phenoxy) is 3. The summed E-state index contributed by atoms with van der Waals surface area (Å²) < 4.78 is 15.8. The number of carboxylic acid groups (broad SMARTS) is 1. The number of hydrogen-bond acceptors (Lipinski definition) is 6. The molecule has 0 aliphatic carbocycles. The average Bonchev–Trinajstić information content (AvgIpc) is 3.12. The lowest BCUT2D eigenvalue weighted by atomic mass is 9.59. The lowest BCUT2D eigenvalue weighted by molar-refractivity contribution is -0.175. The fraction of sp³-hybridized carbons (Fsp3) is 0.706. The quantitative estimate of drug-likeness (QED) is 0.426. The molecule has 5 unspecified atom stereocenters. The molecule has 1 fully saturated rings. The summed E-state index contributed by atoms with van der Waals surface area (Å²) in [6.45, 7) is 6.50. The highest BCUT2D eigenvalue weighted by Gasteiger charge is 2.71. The second kappa shape index (κ2) is 6.55. The van der Waals surface area contributed by atoms with Gasteiger partial charge >= 0.3 is 17.9 Å². The van der Waals surface area contributed by atoms with Gasteiger partial charge in [0, 0.05) is 0 Å². The average molecular weight is 340 g/mol. The van der Waals surface area contributed by atoms with Crippen molar-refractivity contribution in [1.82, 2.24) is 0 Å². The number of carboxylic acids is 1. The first-order valence-corrected chi connectivity index (χ1v) is 8.10. The molecule has 0 amide bonds. The number of carbonyl (C=O) groups is 3. The van der Waals surface area contributed by atoms with Gasteiger partial charge in [0.15, 0.2) is 0 Å². The molecule has 0 aromatic carbocycles. The highest BCUT2D eigenvalue weighted by atomic mass is 16.6. The molecule has 7 nitrogen and oxygen atoms in total. The first-order valence-electron chi connectivity index (χ1n) is 8.10. The third-order valence-electron chi connectivity index (χ3n) is 5.41. The molecule has 0 radical (unpaired) electrons. The molecule has 2 heterocycles. The van der Waals surface area contributed by atoms with Gasteiger partial charge in [-0.15, -0.1) is 0 Å². The zero-order valence-corrected chi connectivity index (χ0v) is 14.4. The van der Waals surface area contributed by atoms with Crippen LogP contribution in [-0.4, -0.2) is 48.4 Å². The summed E-state index contributed by atoms with van der Waals surface area (Å²) in [7, 11) is 0. The van der Waals surface area contributed by atoms with Crippen molar-refractivity contribution in [3.05, 3.63) is 12.2 Å². The van der Waals surface area contributed by atoms with Crippen LogP contribution in [0, 0.1) is 16.7 Å². The van der Waals surface area contributed by atoms with E-state index in [4.69, 9.17) is 14.2 Å².